The second-order valence-corrected chi connectivity index (χ2v) is 24.7. The van der Waals surface area contributed by atoms with Crippen molar-refractivity contribution in [3.05, 3.63) is 236 Å². The van der Waals surface area contributed by atoms with Crippen LogP contribution in [-0.2, 0) is 9.13 Å². The number of pyridine rings is 2. The van der Waals surface area contributed by atoms with Gasteiger partial charge in [-0.3, -0.25) is 8.80 Å². The molecule has 0 unspecified atom stereocenters. The van der Waals surface area contributed by atoms with Crippen molar-refractivity contribution in [1.82, 2.24) is 18.8 Å². The molecule has 0 saturated carbocycles. The SMILES string of the molecule is CP(C)(=O)c1ccc(-c2ccc(-c3ccc4c(c3)c3ccccc3n3c5ccccc5nc43)cc2)cc1.C[P+](C)=O.Clc1ccc(-c2ccc(-c3ccc4c(c3)c3ccccc3n3c5ccccc5nc43)cc2)cc1. The summed E-state index contributed by atoms with van der Waals surface area (Å²) in [5.41, 5.74) is 18.0. The van der Waals surface area contributed by atoms with Crippen molar-refractivity contribution in [3.8, 4) is 44.5 Å². The molecule has 0 bridgehead atoms. The summed E-state index contributed by atoms with van der Waals surface area (Å²) in [7, 11) is -3.12. The molecule has 362 valence electrons. The lowest BCUT2D eigenvalue weighted by molar-refractivity contribution is 0.588. The lowest BCUT2D eigenvalue weighted by atomic mass is 9.97. The largest absolute Gasteiger partial charge is 0.332 e. The zero-order chi connectivity index (χ0) is 51.4. The first-order chi connectivity index (χ1) is 36.5. The van der Waals surface area contributed by atoms with E-state index in [1.54, 1.807) is 13.3 Å². The average molecular weight is 1030 g/mol. The van der Waals surface area contributed by atoms with Crippen molar-refractivity contribution in [2.24, 2.45) is 0 Å². The van der Waals surface area contributed by atoms with E-state index in [-0.39, 0.29) is 0 Å². The predicted molar refractivity (Wildman–Crippen MR) is 321 cm³/mol. The molecular formula is C66H50ClN4O2P2+. The smallest absolute Gasteiger partial charge is 0.319 e. The fourth-order valence-corrected chi connectivity index (χ4v) is 11.3. The van der Waals surface area contributed by atoms with E-state index in [1.807, 2.05) is 49.7 Å². The van der Waals surface area contributed by atoms with Gasteiger partial charge < -0.3 is 4.57 Å². The third kappa shape index (κ3) is 9.06. The maximum absolute atomic E-state index is 12.4. The first kappa shape index (κ1) is 47.7. The van der Waals surface area contributed by atoms with Crippen LogP contribution < -0.4 is 5.30 Å². The molecule has 0 spiro atoms. The zero-order valence-corrected chi connectivity index (χ0v) is 44.4. The average Bonchev–Trinajstić information content (AvgIpc) is 4.09. The van der Waals surface area contributed by atoms with Crippen LogP contribution in [0.1, 0.15) is 0 Å². The third-order valence-corrected chi connectivity index (χ3v) is 15.7. The summed E-state index contributed by atoms with van der Waals surface area (Å²) >= 11 is 6.05. The second-order valence-electron chi connectivity index (χ2n) is 19.4. The topological polar surface area (TPSA) is 68.7 Å². The monoisotopic (exact) mass is 1030 g/mol. The molecule has 14 rings (SSSR count). The van der Waals surface area contributed by atoms with Gasteiger partial charge in [0.1, 0.15) is 31.8 Å². The minimum atomic E-state index is -2.25. The van der Waals surface area contributed by atoms with Crippen molar-refractivity contribution >= 4 is 109 Å². The summed E-state index contributed by atoms with van der Waals surface area (Å²) in [6, 6.07) is 80.7. The molecule has 0 aliphatic heterocycles. The Morgan fingerprint density at radius 3 is 1.07 bits per heavy atom. The Labute approximate surface area is 440 Å². The van der Waals surface area contributed by atoms with Crippen molar-refractivity contribution < 1.29 is 9.13 Å². The van der Waals surface area contributed by atoms with Gasteiger partial charge in [-0.25, -0.2) is 9.97 Å². The molecule has 0 radical (unpaired) electrons. The Bertz CT molecular complexity index is 4560. The van der Waals surface area contributed by atoms with Crippen LogP contribution in [0, 0.1) is 0 Å². The maximum Gasteiger partial charge on any atom is 0.332 e. The molecule has 0 aliphatic rings. The Morgan fingerprint density at radius 2 is 0.680 bits per heavy atom. The molecule has 4 heterocycles. The van der Waals surface area contributed by atoms with Crippen LogP contribution in [0.5, 0.6) is 0 Å². The number of nitrogens with zero attached hydrogens (tertiary/aromatic N) is 4. The normalized spacial score (nSPS) is 11.6. The van der Waals surface area contributed by atoms with E-state index in [0.29, 0.717) is 0 Å². The molecule has 0 aliphatic carbocycles. The van der Waals surface area contributed by atoms with Crippen LogP contribution in [0.25, 0.3) is 121 Å². The van der Waals surface area contributed by atoms with Crippen molar-refractivity contribution in [2.45, 2.75) is 0 Å². The van der Waals surface area contributed by atoms with E-state index in [0.717, 1.165) is 71.2 Å². The number of imidazole rings is 2. The summed E-state index contributed by atoms with van der Waals surface area (Å²) in [4.78, 5) is 10.0. The number of fused-ring (bicyclic) bond motifs is 16. The van der Waals surface area contributed by atoms with Crippen LogP contribution in [0.2, 0.25) is 5.02 Å². The molecule has 0 N–H and O–H groups in total. The van der Waals surface area contributed by atoms with Gasteiger partial charge >= 0.3 is 7.80 Å². The number of para-hydroxylation sites is 6. The highest BCUT2D eigenvalue weighted by Gasteiger charge is 2.17. The lowest BCUT2D eigenvalue weighted by Gasteiger charge is -2.11. The Hall–Kier alpha value is -8.24. The van der Waals surface area contributed by atoms with E-state index in [1.165, 1.54) is 60.4 Å². The lowest BCUT2D eigenvalue weighted by Crippen LogP contribution is -2.01. The van der Waals surface area contributed by atoms with E-state index in [9.17, 15) is 9.13 Å². The standard InChI is InChI=1S/C33H25N2OP.C31H19ClN2.C2H6OP/c1-37(2,36)26-18-15-23(16-19-26)22-11-13-24(14-12-22)25-17-20-28-29(21-25)27-7-3-5-9-31(27)35-32-10-6-4-8-30(32)34-33(28)35;32-24-16-13-21(14-17-24)20-9-11-22(12-10-20)23-15-18-26-27(19-23)25-5-1-3-7-29(25)34-30-8-4-2-6-28(30)33-31(26)34;1-4(2)3/h3-21H,1-2H3;1-19H;1-2H3/q;;+1. The highest BCUT2D eigenvalue weighted by atomic mass is 35.5. The van der Waals surface area contributed by atoms with Crippen LogP contribution in [0.4, 0.5) is 0 Å². The number of rotatable bonds is 5. The quantitative estimate of drug-likeness (QED) is 0.127. The van der Waals surface area contributed by atoms with E-state index in [4.69, 9.17) is 21.6 Å². The molecular weight excluding hydrogens is 978 g/mol. The fourth-order valence-electron chi connectivity index (χ4n) is 10.3. The van der Waals surface area contributed by atoms with Gasteiger partial charge in [0.2, 0.25) is 0 Å². The summed E-state index contributed by atoms with van der Waals surface area (Å²) in [6.07, 6.45) is 0. The van der Waals surface area contributed by atoms with Gasteiger partial charge in [0.15, 0.2) is 0 Å². The summed E-state index contributed by atoms with van der Waals surface area (Å²) in [5.74, 6) is 0. The summed E-state index contributed by atoms with van der Waals surface area (Å²) < 4.78 is 26.5. The summed E-state index contributed by atoms with van der Waals surface area (Å²) in [6.45, 7) is 6.97. The van der Waals surface area contributed by atoms with Gasteiger partial charge in [-0.15, -0.1) is 0 Å². The van der Waals surface area contributed by atoms with Crippen LogP contribution in [-0.4, -0.2) is 45.4 Å². The minimum absolute atomic E-state index is 0.753. The first-order valence-electron chi connectivity index (χ1n) is 24.9. The zero-order valence-electron chi connectivity index (χ0n) is 41.8. The molecule has 0 fully saturated rings. The van der Waals surface area contributed by atoms with Crippen LogP contribution in [0.3, 0.4) is 0 Å². The number of aromatic nitrogens is 4. The third-order valence-electron chi connectivity index (χ3n) is 13.9. The number of halogens is 1. The molecule has 6 nitrogen and oxygen atoms in total. The van der Waals surface area contributed by atoms with Gasteiger partial charge in [-0.2, -0.15) is 0 Å². The van der Waals surface area contributed by atoms with Crippen LogP contribution in [0.15, 0.2) is 231 Å². The molecule has 0 saturated heterocycles. The highest BCUT2D eigenvalue weighted by Crippen LogP contribution is 2.39. The van der Waals surface area contributed by atoms with Crippen molar-refractivity contribution in [1.29, 1.82) is 0 Å². The van der Waals surface area contributed by atoms with E-state index < -0.39 is 14.9 Å². The van der Waals surface area contributed by atoms with E-state index in [2.05, 4.69) is 203 Å². The van der Waals surface area contributed by atoms with Crippen molar-refractivity contribution in [2.75, 3.05) is 26.7 Å². The Morgan fingerprint density at radius 1 is 0.373 bits per heavy atom. The number of hydrogen-bond donors (Lipinski definition) is 0. The van der Waals surface area contributed by atoms with Gasteiger partial charge in [0, 0.05) is 31.9 Å². The Kier molecular flexibility index (Phi) is 12.4. The highest BCUT2D eigenvalue weighted by molar-refractivity contribution is 7.70. The molecule has 14 aromatic rings. The molecule has 9 heteroatoms. The Balaban J connectivity index is 0.000000142. The summed E-state index contributed by atoms with van der Waals surface area (Å²) in [5, 5.41) is 8.86. The van der Waals surface area contributed by atoms with Gasteiger partial charge in [0.05, 0.1) is 33.1 Å². The minimum Gasteiger partial charge on any atom is -0.319 e. The molecule has 10 aromatic carbocycles. The maximum atomic E-state index is 12.4. The predicted octanol–water partition coefficient (Wildman–Crippen LogP) is 18.2. The number of benzene rings is 10. The molecule has 0 amide bonds. The fraction of sp³-hybridized carbons (Fsp3) is 0.0606. The first-order valence-corrected chi connectivity index (χ1v) is 30.0. The molecule has 4 aromatic heterocycles. The van der Waals surface area contributed by atoms with Gasteiger partial charge in [-0.05, 0) is 141 Å². The second kappa shape index (κ2) is 19.6. The molecule has 75 heavy (non-hydrogen) atoms. The van der Waals surface area contributed by atoms with Crippen molar-refractivity contribution in [3.63, 3.8) is 0 Å². The molecule has 0 atom stereocenters. The number of hydrogen-bond acceptors (Lipinski definition) is 4. The van der Waals surface area contributed by atoms with Crippen LogP contribution >= 0.6 is 26.5 Å². The van der Waals surface area contributed by atoms with E-state index >= 15 is 0 Å². The van der Waals surface area contributed by atoms with Gasteiger partial charge in [0.25, 0.3) is 0 Å². The van der Waals surface area contributed by atoms with Gasteiger partial charge in [-0.1, -0.05) is 174 Å².